The largest absolute Gasteiger partial charge is 0.355 e. The smallest absolute Gasteiger partial charge is 0.239 e. The van der Waals surface area contributed by atoms with Crippen LogP contribution < -0.4 is 5.32 Å². The van der Waals surface area contributed by atoms with Gasteiger partial charge in [0.25, 0.3) is 0 Å². The summed E-state index contributed by atoms with van der Waals surface area (Å²) in [6.07, 6.45) is 2.67. The normalized spacial score (nSPS) is 10.2. The summed E-state index contributed by atoms with van der Waals surface area (Å²) in [4.78, 5) is 24.9. The molecule has 5 heteroatoms. The van der Waals surface area contributed by atoms with Gasteiger partial charge in [0.2, 0.25) is 11.8 Å². The number of carbonyl (C=O) groups excluding carboxylic acids is 2. The topological polar surface area (TPSA) is 49.4 Å². The van der Waals surface area contributed by atoms with E-state index in [0.29, 0.717) is 24.5 Å². The summed E-state index contributed by atoms with van der Waals surface area (Å²) in [6, 6.07) is 7.54. The van der Waals surface area contributed by atoms with Crippen LogP contribution in [0.2, 0.25) is 5.02 Å². The maximum Gasteiger partial charge on any atom is 0.239 e. The molecule has 4 nitrogen and oxygen atoms in total. The molecule has 0 heterocycles. The second kappa shape index (κ2) is 9.40. The van der Waals surface area contributed by atoms with Gasteiger partial charge < -0.3 is 10.2 Å². The van der Waals surface area contributed by atoms with Crippen LogP contribution in [0.15, 0.2) is 24.3 Å². The molecule has 0 bridgehead atoms. The van der Waals surface area contributed by atoms with Gasteiger partial charge in [0, 0.05) is 25.0 Å². The third-order valence-corrected chi connectivity index (χ3v) is 3.43. The minimum absolute atomic E-state index is 0.0948. The lowest BCUT2D eigenvalue weighted by atomic mass is 10.1. The SMILES string of the molecule is CCCCNC(=O)CN(CCc1cccc(Cl)c1)C(C)=O. The van der Waals surface area contributed by atoms with E-state index in [1.807, 2.05) is 24.3 Å². The Morgan fingerprint density at radius 2 is 2.10 bits per heavy atom. The number of amides is 2. The van der Waals surface area contributed by atoms with E-state index in [0.717, 1.165) is 18.4 Å². The van der Waals surface area contributed by atoms with Crippen molar-refractivity contribution < 1.29 is 9.59 Å². The van der Waals surface area contributed by atoms with Gasteiger partial charge in [0.15, 0.2) is 0 Å². The van der Waals surface area contributed by atoms with Crippen molar-refractivity contribution in [1.82, 2.24) is 10.2 Å². The maximum atomic E-state index is 11.8. The minimum atomic E-state index is -0.107. The quantitative estimate of drug-likeness (QED) is 0.750. The fourth-order valence-electron chi connectivity index (χ4n) is 1.94. The number of rotatable bonds is 8. The number of benzene rings is 1. The maximum absolute atomic E-state index is 11.8. The number of nitrogens with one attached hydrogen (secondary N) is 1. The Bertz CT molecular complexity index is 477. The summed E-state index contributed by atoms with van der Waals surface area (Å²) in [5.41, 5.74) is 1.06. The molecular formula is C16H23ClN2O2. The highest BCUT2D eigenvalue weighted by Gasteiger charge is 2.13. The van der Waals surface area contributed by atoms with Crippen LogP contribution in [0.4, 0.5) is 0 Å². The molecule has 1 N–H and O–H groups in total. The summed E-state index contributed by atoms with van der Waals surface area (Å²) in [7, 11) is 0. The molecule has 0 radical (unpaired) electrons. The summed E-state index contributed by atoms with van der Waals surface area (Å²) in [5, 5.41) is 3.50. The van der Waals surface area contributed by atoms with E-state index >= 15 is 0 Å². The van der Waals surface area contributed by atoms with Gasteiger partial charge in [-0.3, -0.25) is 9.59 Å². The Balaban J connectivity index is 2.46. The molecule has 0 aromatic heterocycles. The molecule has 1 aromatic carbocycles. The zero-order chi connectivity index (χ0) is 15.7. The average molecular weight is 311 g/mol. The van der Waals surface area contributed by atoms with Crippen molar-refractivity contribution in [2.75, 3.05) is 19.6 Å². The van der Waals surface area contributed by atoms with Crippen LogP contribution in [0, 0.1) is 0 Å². The molecule has 0 aliphatic heterocycles. The molecule has 0 fully saturated rings. The van der Waals surface area contributed by atoms with Crippen molar-refractivity contribution in [2.24, 2.45) is 0 Å². The average Bonchev–Trinajstić information content (AvgIpc) is 2.43. The van der Waals surface area contributed by atoms with Crippen molar-refractivity contribution in [3.8, 4) is 0 Å². The Kier molecular flexibility index (Phi) is 7.83. The number of hydrogen-bond acceptors (Lipinski definition) is 2. The van der Waals surface area contributed by atoms with Crippen LogP contribution in [0.25, 0.3) is 0 Å². The molecule has 0 atom stereocenters. The molecule has 0 unspecified atom stereocenters. The van der Waals surface area contributed by atoms with Crippen LogP contribution in [0.3, 0.4) is 0 Å². The molecule has 1 aromatic rings. The van der Waals surface area contributed by atoms with Gasteiger partial charge in [-0.25, -0.2) is 0 Å². The van der Waals surface area contributed by atoms with E-state index < -0.39 is 0 Å². The van der Waals surface area contributed by atoms with Crippen molar-refractivity contribution in [1.29, 1.82) is 0 Å². The number of carbonyl (C=O) groups is 2. The molecular weight excluding hydrogens is 288 g/mol. The summed E-state index contributed by atoms with van der Waals surface area (Å²) in [5.74, 6) is -0.201. The molecule has 2 amide bonds. The molecule has 0 saturated carbocycles. The first-order valence-corrected chi connectivity index (χ1v) is 7.67. The standard InChI is InChI=1S/C16H23ClN2O2/c1-3-4-9-18-16(21)12-19(13(2)20)10-8-14-6-5-7-15(17)11-14/h5-7,11H,3-4,8-10,12H2,1-2H3,(H,18,21). The Labute approximate surface area is 131 Å². The molecule has 116 valence electrons. The Morgan fingerprint density at radius 3 is 2.71 bits per heavy atom. The molecule has 21 heavy (non-hydrogen) atoms. The third kappa shape index (κ3) is 7.14. The van der Waals surface area contributed by atoms with Gasteiger partial charge in [0.1, 0.15) is 0 Å². The predicted octanol–water partition coefficient (Wildman–Crippen LogP) is 2.65. The fourth-order valence-corrected chi connectivity index (χ4v) is 2.15. The highest BCUT2D eigenvalue weighted by Crippen LogP contribution is 2.11. The van der Waals surface area contributed by atoms with Crippen LogP contribution >= 0.6 is 11.6 Å². The van der Waals surface area contributed by atoms with Gasteiger partial charge >= 0.3 is 0 Å². The zero-order valence-corrected chi connectivity index (χ0v) is 13.4. The van der Waals surface area contributed by atoms with Crippen LogP contribution in [0.5, 0.6) is 0 Å². The number of hydrogen-bond donors (Lipinski definition) is 1. The lowest BCUT2D eigenvalue weighted by molar-refractivity contribution is -0.134. The van der Waals surface area contributed by atoms with Crippen LogP contribution in [-0.2, 0) is 16.0 Å². The highest BCUT2D eigenvalue weighted by atomic mass is 35.5. The summed E-state index contributed by atoms with van der Waals surface area (Å²) in [6.45, 7) is 4.84. The first kappa shape index (κ1) is 17.5. The molecule has 0 spiro atoms. The fraction of sp³-hybridized carbons (Fsp3) is 0.500. The minimum Gasteiger partial charge on any atom is -0.355 e. The van der Waals surface area contributed by atoms with Gasteiger partial charge in [-0.2, -0.15) is 0 Å². The lowest BCUT2D eigenvalue weighted by Gasteiger charge is -2.20. The predicted molar refractivity (Wildman–Crippen MR) is 85.3 cm³/mol. The monoisotopic (exact) mass is 310 g/mol. The third-order valence-electron chi connectivity index (χ3n) is 3.19. The second-order valence-corrected chi connectivity index (χ2v) is 5.46. The first-order chi connectivity index (χ1) is 10.0. The van der Waals surface area contributed by atoms with Crippen LogP contribution in [-0.4, -0.2) is 36.3 Å². The van der Waals surface area contributed by atoms with E-state index in [9.17, 15) is 9.59 Å². The molecule has 1 rings (SSSR count). The van der Waals surface area contributed by atoms with Crippen molar-refractivity contribution in [3.05, 3.63) is 34.9 Å². The summed E-state index contributed by atoms with van der Waals surface area (Å²) >= 11 is 5.93. The van der Waals surface area contributed by atoms with Gasteiger partial charge in [-0.1, -0.05) is 37.1 Å². The van der Waals surface area contributed by atoms with Crippen molar-refractivity contribution in [2.45, 2.75) is 33.1 Å². The van der Waals surface area contributed by atoms with Gasteiger partial charge in [-0.15, -0.1) is 0 Å². The van der Waals surface area contributed by atoms with Gasteiger partial charge in [-0.05, 0) is 30.5 Å². The van der Waals surface area contributed by atoms with Crippen molar-refractivity contribution in [3.63, 3.8) is 0 Å². The zero-order valence-electron chi connectivity index (χ0n) is 12.7. The van der Waals surface area contributed by atoms with Gasteiger partial charge in [0.05, 0.1) is 6.54 Å². The van der Waals surface area contributed by atoms with E-state index in [1.165, 1.54) is 6.92 Å². The number of nitrogens with zero attached hydrogens (tertiary/aromatic N) is 1. The second-order valence-electron chi connectivity index (χ2n) is 5.02. The highest BCUT2D eigenvalue weighted by molar-refractivity contribution is 6.30. The number of halogens is 1. The Hall–Kier alpha value is -1.55. The van der Waals surface area contributed by atoms with Crippen molar-refractivity contribution >= 4 is 23.4 Å². The molecule has 0 saturated heterocycles. The van der Waals surface area contributed by atoms with E-state index in [4.69, 9.17) is 11.6 Å². The molecule has 0 aliphatic carbocycles. The molecule has 0 aliphatic rings. The van der Waals surface area contributed by atoms with E-state index in [2.05, 4.69) is 12.2 Å². The van der Waals surface area contributed by atoms with E-state index in [-0.39, 0.29) is 18.4 Å². The number of unbranched alkanes of at least 4 members (excludes halogenated alkanes) is 1. The van der Waals surface area contributed by atoms with Crippen LogP contribution in [0.1, 0.15) is 32.3 Å². The Morgan fingerprint density at radius 1 is 1.33 bits per heavy atom. The lowest BCUT2D eigenvalue weighted by Crippen LogP contribution is -2.41. The summed E-state index contributed by atoms with van der Waals surface area (Å²) < 4.78 is 0. The first-order valence-electron chi connectivity index (χ1n) is 7.29. The van der Waals surface area contributed by atoms with E-state index in [1.54, 1.807) is 4.90 Å².